The number of nitrogens with zero attached hydrogens (tertiary/aromatic N) is 3. The largest absolute Gasteiger partial charge is 0.379 e. The first kappa shape index (κ1) is 19.7. The predicted octanol–water partition coefficient (Wildman–Crippen LogP) is 2.35. The third-order valence-corrected chi connectivity index (χ3v) is 6.77. The number of carbonyl (C=O) groups is 1. The van der Waals surface area contributed by atoms with E-state index in [-0.39, 0.29) is 11.1 Å². The number of likely N-dealkylation sites (N-methyl/N-ethyl adjacent to an activating group) is 1. The number of hydrogen-bond acceptors (Lipinski definition) is 4. The van der Waals surface area contributed by atoms with Crippen LogP contribution in [0.25, 0.3) is 16.5 Å². The molecule has 160 valence electrons. The number of alkyl halides is 2. The van der Waals surface area contributed by atoms with Gasteiger partial charge in [-0.3, -0.25) is 15.1 Å². The second kappa shape index (κ2) is 6.87. The number of aliphatic hydroxyl groups excluding tert-OH is 1. The first-order valence-corrected chi connectivity index (χ1v) is 10.4. The molecule has 2 atom stereocenters. The van der Waals surface area contributed by atoms with Gasteiger partial charge in [-0.1, -0.05) is 18.2 Å². The second-order valence-electron chi connectivity index (χ2n) is 8.66. The van der Waals surface area contributed by atoms with Crippen molar-refractivity contribution in [1.29, 1.82) is 0 Å². The summed E-state index contributed by atoms with van der Waals surface area (Å²) < 4.78 is 29.6. The fourth-order valence-corrected chi connectivity index (χ4v) is 5.36. The normalized spacial score (nSPS) is 23.5. The molecule has 1 amide bonds. The lowest BCUT2D eigenvalue weighted by atomic mass is 9.79. The lowest BCUT2D eigenvalue weighted by Crippen LogP contribution is -2.55. The standard InChI is InChI=1S/C22H26F2N4O2/c1-22(23,24)28(12-29)25-21(30)13-9-15-14-5-3-6-18-20(14)16(10-19(15)26(2)11-13)17-7-4-8-27(17)18/h3,5-6,9,13,19,29H,4,7-8,10-12H2,1-2H3,(H,25,30). The van der Waals surface area contributed by atoms with Gasteiger partial charge in [0.15, 0.2) is 0 Å². The van der Waals surface area contributed by atoms with E-state index in [2.05, 4.69) is 33.1 Å². The molecule has 0 saturated carbocycles. The minimum Gasteiger partial charge on any atom is -0.379 e. The molecule has 2 aliphatic heterocycles. The van der Waals surface area contributed by atoms with E-state index in [0.717, 1.165) is 30.5 Å². The average Bonchev–Trinajstić information content (AvgIpc) is 3.29. The Bertz CT molecular complexity index is 1060. The molecule has 0 bridgehead atoms. The van der Waals surface area contributed by atoms with Crippen molar-refractivity contribution in [2.75, 3.05) is 20.3 Å². The van der Waals surface area contributed by atoms with E-state index in [1.807, 2.05) is 13.1 Å². The summed E-state index contributed by atoms with van der Waals surface area (Å²) in [5, 5.41) is 10.8. The molecule has 30 heavy (non-hydrogen) atoms. The highest BCUT2D eigenvalue weighted by molar-refractivity contribution is 6.00. The molecule has 8 heteroatoms. The van der Waals surface area contributed by atoms with Crippen molar-refractivity contribution < 1.29 is 18.7 Å². The monoisotopic (exact) mass is 416 g/mol. The molecule has 3 aliphatic rings. The zero-order chi connectivity index (χ0) is 21.2. The van der Waals surface area contributed by atoms with E-state index < -0.39 is 24.6 Å². The predicted molar refractivity (Wildman–Crippen MR) is 110 cm³/mol. The Morgan fingerprint density at radius 3 is 2.93 bits per heavy atom. The molecule has 0 spiro atoms. The molecule has 3 heterocycles. The molecule has 1 aromatic carbocycles. The fraction of sp³-hybridized carbons (Fsp3) is 0.500. The molecule has 0 radical (unpaired) electrons. The van der Waals surface area contributed by atoms with E-state index in [0.29, 0.717) is 13.5 Å². The summed E-state index contributed by atoms with van der Waals surface area (Å²) in [4.78, 5) is 14.9. The average molecular weight is 416 g/mol. The van der Waals surface area contributed by atoms with Gasteiger partial charge >= 0.3 is 6.05 Å². The Kier molecular flexibility index (Phi) is 4.50. The van der Waals surface area contributed by atoms with Crippen LogP contribution in [0.5, 0.6) is 0 Å². The zero-order valence-electron chi connectivity index (χ0n) is 17.2. The highest BCUT2D eigenvalue weighted by atomic mass is 19.3. The van der Waals surface area contributed by atoms with Crippen molar-refractivity contribution >= 4 is 22.4 Å². The van der Waals surface area contributed by atoms with E-state index in [1.54, 1.807) is 0 Å². The van der Waals surface area contributed by atoms with Gasteiger partial charge in [-0.15, -0.1) is 5.01 Å². The van der Waals surface area contributed by atoms with E-state index in [4.69, 9.17) is 0 Å². The van der Waals surface area contributed by atoms with Crippen LogP contribution in [0.4, 0.5) is 8.78 Å². The van der Waals surface area contributed by atoms with Crippen LogP contribution in [-0.4, -0.2) is 57.9 Å². The van der Waals surface area contributed by atoms with Crippen molar-refractivity contribution in [1.82, 2.24) is 19.9 Å². The summed E-state index contributed by atoms with van der Waals surface area (Å²) in [6, 6.07) is 3.15. The Labute approximate surface area is 173 Å². The summed E-state index contributed by atoms with van der Waals surface area (Å²) in [5.74, 6) is -1.12. The number of nitrogens with one attached hydrogen (secondary N) is 1. The van der Waals surface area contributed by atoms with E-state index >= 15 is 0 Å². The smallest absolute Gasteiger partial charge is 0.320 e. The fourth-order valence-electron chi connectivity index (χ4n) is 5.36. The van der Waals surface area contributed by atoms with Crippen LogP contribution in [0.1, 0.15) is 30.2 Å². The quantitative estimate of drug-likeness (QED) is 0.456. The Hall–Kier alpha value is -2.29. The number of halogens is 2. The van der Waals surface area contributed by atoms with Crippen molar-refractivity contribution in [3.63, 3.8) is 0 Å². The third kappa shape index (κ3) is 2.89. The summed E-state index contributed by atoms with van der Waals surface area (Å²) in [6.07, 6.45) is 5.12. The van der Waals surface area contributed by atoms with Crippen LogP contribution in [0.2, 0.25) is 0 Å². The van der Waals surface area contributed by atoms with Crippen LogP contribution in [0, 0.1) is 5.92 Å². The van der Waals surface area contributed by atoms with Gasteiger partial charge in [0.25, 0.3) is 0 Å². The summed E-state index contributed by atoms with van der Waals surface area (Å²) in [7, 11) is 1.98. The molecule has 0 saturated heterocycles. The molecular weight excluding hydrogens is 390 g/mol. The SMILES string of the molecule is CN1CC(C(=O)NN(CO)C(C)(F)F)C=C2c3cccc4c3c(c3n4CCC3)CC21. The van der Waals surface area contributed by atoms with Gasteiger partial charge in [-0.2, -0.15) is 8.78 Å². The Balaban J connectivity index is 1.54. The number of aliphatic hydroxyl groups is 1. The van der Waals surface area contributed by atoms with Crippen LogP contribution in [0.15, 0.2) is 24.3 Å². The van der Waals surface area contributed by atoms with Crippen LogP contribution >= 0.6 is 0 Å². The minimum atomic E-state index is -3.35. The number of aryl methyl sites for hydroxylation is 1. The summed E-state index contributed by atoms with van der Waals surface area (Å²) >= 11 is 0. The van der Waals surface area contributed by atoms with Crippen LogP contribution in [-0.2, 0) is 24.2 Å². The molecule has 2 N–H and O–H groups in total. The first-order valence-electron chi connectivity index (χ1n) is 10.4. The highest BCUT2D eigenvalue weighted by Crippen LogP contribution is 2.44. The first-order chi connectivity index (χ1) is 14.3. The second-order valence-corrected chi connectivity index (χ2v) is 8.66. The minimum absolute atomic E-state index is 0.168. The van der Waals surface area contributed by atoms with Gasteiger partial charge in [0.05, 0.1) is 5.92 Å². The third-order valence-electron chi connectivity index (χ3n) is 6.77. The molecule has 6 nitrogen and oxygen atoms in total. The van der Waals surface area contributed by atoms with Gasteiger partial charge < -0.3 is 9.67 Å². The van der Waals surface area contributed by atoms with Gasteiger partial charge in [0.1, 0.15) is 6.73 Å². The number of hydrogen-bond donors (Lipinski definition) is 2. The number of aromatic nitrogens is 1. The number of carbonyl (C=O) groups excluding carboxylic acids is 1. The van der Waals surface area contributed by atoms with Gasteiger partial charge in [0.2, 0.25) is 5.91 Å². The van der Waals surface area contributed by atoms with Crippen LogP contribution in [0.3, 0.4) is 0 Å². The van der Waals surface area contributed by atoms with Gasteiger partial charge in [-0.05, 0) is 49.1 Å². The number of rotatable bonds is 4. The molecule has 1 aromatic heterocycles. The van der Waals surface area contributed by atoms with Crippen molar-refractivity contribution in [2.45, 2.75) is 44.8 Å². The molecule has 1 aliphatic carbocycles. The van der Waals surface area contributed by atoms with E-state index in [1.165, 1.54) is 28.6 Å². The number of fused-ring (bicyclic) bond motifs is 5. The lowest BCUT2D eigenvalue weighted by Gasteiger charge is -2.40. The molecular formula is C22H26F2N4O2. The molecule has 0 fully saturated rings. The van der Waals surface area contributed by atoms with Gasteiger partial charge in [-0.25, -0.2) is 0 Å². The number of hydrazine groups is 1. The lowest BCUT2D eigenvalue weighted by molar-refractivity contribution is -0.191. The number of benzene rings is 1. The zero-order valence-corrected chi connectivity index (χ0v) is 17.2. The highest BCUT2D eigenvalue weighted by Gasteiger charge is 2.39. The Morgan fingerprint density at radius 2 is 2.20 bits per heavy atom. The molecule has 5 rings (SSSR count). The maximum Gasteiger partial charge on any atom is 0.320 e. The van der Waals surface area contributed by atoms with Crippen molar-refractivity contribution in [3.05, 3.63) is 41.1 Å². The maximum absolute atomic E-state index is 13.6. The van der Waals surface area contributed by atoms with Crippen LogP contribution < -0.4 is 5.43 Å². The molecule has 2 aromatic rings. The number of amides is 1. The summed E-state index contributed by atoms with van der Waals surface area (Å²) in [6.45, 7) is 1.16. The summed E-state index contributed by atoms with van der Waals surface area (Å²) in [5.41, 5.74) is 8.53. The Morgan fingerprint density at radius 1 is 1.40 bits per heavy atom. The molecule has 2 unspecified atom stereocenters. The van der Waals surface area contributed by atoms with Gasteiger partial charge in [0, 0.05) is 42.7 Å². The van der Waals surface area contributed by atoms with E-state index in [9.17, 15) is 18.7 Å². The maximum atomic E-state index is 13.6. The van der Waals surface area contributed by atoms with Crippen molar-refractivity contribution in [2.24, 2.45) is 5.92 Å². The van der Waals surface area contributed by atoms with Crippen molar-refractivity contribution in [3.8, 4) is 0 Å². The topological polar surface area (TPSA) is 60.7 Å².